The number of ether oxygens (including phenoxy) is 2. The van der Waals surface area contributed by atoms with Crippen LogP contribution >= 0.6 is 0 Å². The number of sulfonamides is 1. The van der Waals surface area contributed by atoms with Crippen LogP contribution in [0.1, 0.15) is 33.4 Å². The molecule has 1 amide bonds. The summed E-state index contributed by atoms with van der Waals surface area (Å²) in [7, 11) is -2.44. The van der Waals surface area contributed by atoms with Gasteiger partial charge in [-0.25, -0.2) is 8.42 Å². The molecule has 6 rings (SSSR count). The zero-order chi connectivity index (χ0) is 25.6. The van der Waals surface area contributed by atoms with E-state index in [2.05, 4.69) is 5.32 Å². The fourth-order valence-electron chi connectivity index (χ4n) is 5.15. The van der Waals surface area contributed by atoms with Crippen molar-refractivity contribution < 1.29 is 22.7 Å². The maximum Gasteiger partial charge on any atom is 0.264 e. The number of carbonyl (C=O) groups is 1. The van der Waals surface area contributed by atoms with Gasteiger partial charge in [-0.05, 0) is 42.0 Å². The summed E-state index contributed by atoms with van der Waals surface area (Å²) < 4.78 is 41.3. The highest BCUT2D eigenvalue weighted by atomic mass is 32.2. The molecule has 0 fully saturated rings. The van der Waals surface area contributed by atoms with E-state index in [1.807, 2.05) is 36.4 Å². The predicted octanol–water partition coefficient (Wildman–Crippen LogP) is 5.37. The lowest BCUT2D eigenvalue weighted by Gasteiger charge is -2.34. The minimum absolute atomic E-state index is 0.200. The van der Waals surface area contributed by atoms with Crippen molar-refractivity contribution in [2.75, 3.05) is 23.3 Å². The molecule has 2 atom stereocenters. The van der Waals surface area contributed by atoms with Crippen LogP contribution in [0.4, 0.5) is 11.4 Å². The molecule has 2 heterocycles. The molecule has 0 spiro atoms. The third kappa shape index (κ3) is 3.81. The monoisotopic (exact) mass is 512 g/mol. The van der Waals surface area contributed by atoms with Gasteiger partial charge in [-0.2, -0.15) is 0 Å². The maximum absolute atomic E-state index is 14.1. The summed E-state index contributed by atoms with van der Waals surface area (Å²) in [5.41, 5.74) is 3.04. The van der Waals surface area contributed by atoms with Gasteiger partial charge in [0.15, 0.2) is 0 Å². The van der Waals surface area contributed by atoms with Crippen LogP contribution in [0, 0.1) is 0 Å². The van der Waals surface area contributed by atoms with E-state index in [-0.39, 0.29) is 16.7 Å². The summed E-state index contributed by atoms with van der Waals surface area (Å²) in [6.07, 6.45) is 0. The molecule has 37 heavy (non-hydrogen) atoms. The van der Waals surface area contributed by atoms with Crippen LogP contribution in [0.15, 0.2) is 102 Å². The van der Waals surface area contributed by atoms with E-state index in [9.17, 15) is 13.2 Å². The number of methoxy groups -OCH3 is 1. The van der Waals surface area contributed by atoms with E-state index >= 15 is 0 Å². The van der Waals surface area contributed by atoms with Crippen LogP contribution in [0.5, 0.6) is 11.5 Å². The second-order valence-electron chi connectivity index (χ2n) is 8.95. The largest absolute Gasteiger partial charge is 0.494 e. The highest BCUT2D eigenvalue weighted by molar-refractivity contribution is 7.92. The Labute approximate surface area is 215 Å². The summed E-state index contributed by atoms with van der Waals surface area (Å²) in [5, 5.41) is 2.93. The van der Waals surface area contributed by atoms with Crippen molar-refractivity contribution in [3.05, 3.63) is 114 Å². The average molecular weight is 513 g/mol. The van der Waals surface area contributed by atoms with Crippen LogP contribution in [0.2, 0.25) is 0 Å². The number of hydrogen-bond acceptors (Lipinski definition) is 5. The molecule has 0 aliphatic carbocycles. The average Bonchev–Trinajstić information content (AvgIpc) is 3.28. The zero-order valence-corrected chi connectivity index (χ0v) is 20.8. The standard InChI is InChI=1S/C29H24N2O5S/c1-35-27-17-25-22(16-24(27)30-29(32)19-10-4-2-5-11-19)23-18-36-26-15-9-8-14-21(26)28(23)31(25)37(33,34)20-12-6-3-7-13-20/h2-17,23,28H,18H2,1H3,(H,30,32)/t23-,28-/m1/s1. The number of benzene rings is 4. The lowest BCUT2D eigenvalue weighted by atomic mass is 9.88. The molecule has 0 saturated carbocycles. The minimum atomic E-state index is -3.93. The normalized spacial score (nSPS) is 17.7. The lowest BCUT2D eigenvalue weighted by Crippen LogP contribution is -2.36. The Kier molecular flexibility index (Phi) is 5.61. The molecular weight excluding hydrogens is 488 g/mol. The number of hydrogen-bond donors (Lipinski definition) is 1. The molecule has 0 unspecified atom stereocenters. The first-order chi connectivity index (χ1) is 18.0. The first-order valence-corrected chi connectivity index (χ1v) is 13.3. The van der Waals surface area contributed by atoms with E-state index in [1.165, 1.54) is 11.4 Å². The second kappa shape index (κ2) is 8.97. The molecule has 4 aromatic carbocycles. The number of nitrogens with zero attached hydrogens (tertiary/aromatic N) is 1. The van der Waals surface area contributed by atoms with Crippen LogP contribution in [-0.4, -0.2) is 28.0 Å². The molecule has 2 aliphatic heterocycles. The van der Waals surface area contributed by atoms with Gasteiger partial charge in [0.1, 0.15) is 11.5 Å². The number of nitrogens with one attached hydrogen (secondary N) is 1. The van der Waals surface area contributed by atoms with Gasteiger partial charge in [0.05, 0.1) is 36.0 Å². The highest BCUT2D eigenvalue weighted by Gasteiger charge is 2.49. The molecule has 186 valence electrons. The van der Waals surface area contributed by atoms with Crippen LogP contribution in [0.3, 0.4) is 0 Å². The quantitative estimate of drug-likeness (QED) is 0.388. The molecule has 4 aromatic rings. The van der Waals surface area contributed by atoms with Gasteiger partial charge >= 0.3 is 0 Å². The first kappa shape index (κ1) is 23.1. The van der Waals surface area contributed by atoms with Gasteiger partial charge in [-0.3, -0.25) is 9.10 Å². The van der Waals surface area contributed by atoms with Crippen molar-refractivity contribution in [1.82, 2.24) is 0 Å². The van der Waals surface area contributed by atoms with Crippen molar-refractivity contribution in [3.8, 4) is 11.5 Å². The van der Waals surface area contributed by atoms with Crippen molar-refractivity contribution in [3.63, 3.8) is 0 Å². The fourth-order valence-corrected chi connectivity index (χ4v) is 6.86. The zero-order valence-electron chi connectivity index (χ0n) is 20.0. The summed E-state index contributed by atoms with van der Waals surface area (Å²) in [6.45, 7) is 0.299. The van der Waals surface area contributed by atoms with Gasteiger partial charge in [0.25, 0.3) is 15.9 Å². The fraction of sp³-hybridized carbons (Fsp3) is 0.138. The third-order valence-electron chi connectivity index (χ3n) is 6.86. The minimum Gasteiger partial charge on any atom is -0.494 e. The number of amides is 1. The second-order valence-corrected chi connectivity index (χ2v) is 10.8. The topological polar surface area (TPSA) is 84.9 Å². The Morgan fingerprint density at radius 3 is 2.32 bits per heavy atom. The third-order valence-corrected chi connectivity index (χ3v) is 8.67. The summed E-state index contributed by atoms with van der Waals surface area (Å²) in [5.74, 6) is 0.465. The molecule has 0 radical (unpaired) electrons. The Morgan fingerprint density at radius 1 is 0.919 bits per heavy atom. The van der Waals surface area contributed by atoms with Gasteiger partial charge in [-0.1, -0.05) is 54.6 Å². The maximum atomic E-state index is 14.1. The molecule has 0 aromatic heterocycles. The van der Waals surface area contributed by atoms with Gasteiger partial charge in [0, 0.05) is 23.1 Å². The van der Waals surface area contributed by atoms with Crippen LogP contribution < -0.4 is 19.1 Å². The number of anilines is 2. The van der Waals surface area contributed by atoms with Crippen LogP contribution in [0.25, 0.3) is 0 Å². The Bertz CT molecular complexity index is 1590. The number of rotatable bonds is 5. The highest BCUT2D eigenvalue weighted by Crippen LogP contribution is 2.57. The van der Waals surface area contributed by atoms with Crippen LogP contribution in [-0.2, 0) is 10.0 Å². The Balaban J connectivity index is 1.51. The molecule has 2 aliphatic rings. The molecule has 0 saturated heterocycles. The smallest absolute Gasteiger partial charge is 0.264 e. The van der Waals surface area contributed by atoms with E-state index < -0.39 is 16.1 Å². The predicted molar refractivity (Wildman–Crippen MR) is 141 cm³/mol. The van der Waals surface area contributed by atoms with Crippen molar-refractivity contribution in [1.29, 1.82) is 0 Å². The molecule has 8 heteroatoms. The van der Waals surface area contributed by atoms with Gasteiger partial charge < -0.3 is 14.8 Å². The SMILES string of the molecule is COc1cc2c(cc1NC(=O)c1ccccc1)[C@H]1COc3ccccc3[C@H]1N2S(=O)(=O)c1ccccc1. The van der Waals surface area contributed by atoms with Gasteiger partial charge in [0.2, 0.25) is 0 Å². The summed E-state index contributed by atoms with van der Waals surface area (Å²) in [4.78, 5) is 13.1. The van der Waals surface area contributed by atoms with E-state index in [4.69, 9.17) is 9.47 Å². The molecule has 0 bridgehead atoms. The summed E-state index contributed by atoms with van der Waals surface area (Å²) >= 11 is 0. The van der Waals surface area contributed by atoms with Crippen molar-refractivity contribution in [2.24, 2.45) is 0 Å². The number of carbonyl (C=O) groups excluding carboxylic acids is 1. The number of para-hydroxylation sites is 1. The number of fused-ring (bicyclic) bond motifs is 5. The van der Waals surface area contributed by atoms with Crippen molar-refractivity contribution in [2.45, 2.75) is 16.9 Å². The molecular formula is C29H24N2O5S. The molecule has 1 N–H and O–H groups in total. The Morgan fingerprint density at radius 2 is 1.59 bits per heavy atom. The Hall–Kier alpha value is -4.30. The van der Waals surface area contributed by atoms with Crippen molar-refractivity contribution >= 4 is 27.3 Å². The summed E-state index contributed by atoms with van der Waals surface area (Å²) in [6, 6.07) is 27.8. The molecule has 7 nitrogen and oxygen atoms in total. The first-order valence-electron chi connectivity index (χ1n) is 11.9. The van der Waals surface area contributed by atoms with E-state index in [0.29, 0.717) is 35.0 Å². The van der Waals surface area contributed by atoms with E-state index in [1.54, 1.807) is 60.7 Å². The van der Waals surface area contributed by atoms with E-state index in [0.717, 1.165) is 11.1 Å². The lowest BCUT2D eigenvalue weighted by molar-refractivity contribution is 0.102. The van der Waals surface area contributed by atoms with Gasteiger partial charge in [-0.15, -0.1) is 0 Å².